The van der Waals surface area contributed by atoms with Crippen LogP contribution in [0.3, 0.4) is 0 Å². The van der Waals surface area contributed by atoms with E-state index in [2.05, 4.69) is 149 Å². The van der Waals surface area contributed by atoms with Crippen molar-refractivity contribution in [2.75, 3.05) is 0 Å². The van der Waals surface area contributed by atoms with Crippen molar-refractivity contribution in [3.8, 4) is 67.5 Å². The van der Waals surface area contributed by atoms with Crippen LogP contribution in [0.1, 0.15) is 0 Å². The fourth-order valence-corrected chi connectivity index (χ4v) is 6.90. The summed E-state index contributed by atoms with van der Waals surface area (Å²) < 4.78 is 1.13. The predicted molar refractivity (Wildman–Crippen MR) is 195 cm³/mol. The summed E-state index contributed by atoms with van der Waals surface area (Å²) in [5.74, 6) is 1.92. The van der Waals surface area contributed by atoms with Crippen LogP contribution in [0.25, 0.3) is 78.3 Å². The van der Waals surface area contributed by atoms with Crippen LogP contribution < -0.4 is 4.46 Å². The molecule has 0 aliphatic rings. The first-order valence-electron chi connectivity index (χ1n) is 15.6. The maximum atomic E-state index is 5.13. The van der Waals surface area contributed by atoms with Crippen LogP contribution in [0.2, 0.25) is 0 Å². The molecule has 0 saturated heterocycles. The number of benzene rings is 7. The van der Waals surface area contributed by atoms with Crippen LogP contribution in [0.4, 0.5) is 0 Å². The fourth-order valence-electron chi connectivity index (χ4n) is 6.13. The number of hydrogen-bond donors (Lipinski definition) is 0. The zero-order valence-electron chi connectivity index (χ0n) is 25.4. The monoisotopic (exact) mass is 666 g/mol. The van der Waals surface area contributed by atoms with Gasteiger partial charge in [-0.2, -0.15) is 0 Å². The second-order valence-electron chi connectivity index (χ2n) is 11.4. The summed E-state index contributed by atoms with van der Waals surface area (Å²) in [6, 6.07) is 58.8. The van der Waals surface area contributed by atoms with Crippen molar-refractivity contribution in [3.63, 3.8) is 0 Å². The maximum absolute atomic E-state index is 5.13. The minimum atomic E-state index is 0.640. The molecule has 8 rings (SSSR count). The molecule has 0 aliphatic carbocycles. The predicted octanol–water partition coefficient (Wildman–Crippen LogP) is 9.82. The number of aromatic nitrogens is 3. The van der Waals surface area contributed by atoms with Crippen LogP contribution in [-0.2, 0) is 0 Å². The molecule has 0 unspecified atom stereocenters. The summed E-state index contributed by atoms with van der Waals surface area (Å²) in [5, 5.41) is 2.23. The van der Waals surface area contributed by atoms with Crippen molar-refractivity contribution >= 4 is 31.2 Å². The zero-order chi connectivity index (χ0) is 31.6. The Balaban J connectivity index is 1.30. The Labute approximate surface area is 282 Å². The topological polar surface area (TPSA) is 38.7 Å². The molecule has 3 nitrogen and oxygen atoms in total. The molecule has 0 saturated carbocycles. The standard InChI is InChI=1S/C43H28N3Se/c47-40-34(30-16-6-2-7-17-30)24-13-25-38(40)37-26-27-39(36-23-11-10-22-35(36)37)43-45-41(31-18-8-3-9-19-31)44-42(46-43)33-21-12-20-32(28-33)29-14-4-1-5-15-29/h1-28H. The van der Waals surface area contributed by atoms with E-state index in [1.165, 1.54) is 11.1 Å². The van der Waals surface area contributed by atoms with Gasteiger partial charge < -0.3 is 0 Å². The van der Waals surface area contributed by atoms with E-state index < -0.39 is 0 Å². The summed E-state index contributed by atoms with van der Waals surface area (Å²) in [6.45, 7) is 0. The van der Waals surface area contributed by atoms with Crippen molar-refractivity contribution < 1.29 is 0 Å². The van der Waals surface area contributed by atoms with Crippen LogP contribution in [0, 0.1) is 0 Å². The first-order valence-corrected chi connectivity index (χ1v) is 16.4. The molecule has 0 spiro atoms. The van der Waals surface area contributed by atoms with E-state index in [1.807, 2.05) is 36.4 Å². The molecular formula is C43H28N3Se. The Morgan fingerprint density at radius 2 is 0.766 bits per heavy atom. The molecule has 1 aromatic heterocycles. The van der Waals surface area contributed by atoms with Gasteiger partial charge in [-0.05, 0) is 5.56 Å². The number of hydrogen-bond acceptors (Lipinski definition) is 3. The molecule has 0 bridgehead atoms. The molecule has 8 aromatic rings. The second-order valence-corrected chi connectivity index (χ2v) is 12.2. The van der Waals surface area contributed by atoms with Gasteiger partial charge in [0.1, 0.15) is 0 Å². The third-order valence-corrected chi connectivity index (χ3v) is 9.37. The van der Waals surface area contributed by atoms with Crippen molar-refractivity contribution in [2.24, 2.45) is 0 Å². The summed E-state index contributed by atoms with van der Waals surface area (Å²) >= 11 is 3.38. The molecule has 0 N–H and O–H groups in total. The molecule has 0 aliphatic heterocycles. The van der Waals surface area contributed by atoms with Gasteiger partial charge in [0.2, 0.25) is 0 Å². The van der Waals surface area contributed by atoms with Gasteiger partial charge in [-0.15, -0.1) is 0 Å². The van der Waals surface area contributed by atoms with Crippen molar-refractivity contribution in [1.82, 2.24) is 15.0 Å². The Bertz CT molecular complexity index is 2350. The van der Waals surface area contributed by atoms with Gasteiger partial charge in [-0.1, -0.05) is 42.5 Å². The molecule has 4 heteroatoms. The van der Waals surface area contributed by atoms with Gasteiger partial charge in [-0.25, -0.2) is 0 Å². The van der Waals surface area contributed by atoms with Crippen molar-refractivity contribution in [2.45, 2.75) is 0 Å². The van der Waals surface area contributed by atoms with Crippen LogP contribution in [0.5, 0.6) is 0 Å². The molecular weight excluding hydrogens is 637 g/mol. The number of rotatable bonds is 6. The van der Waals surface area contributed by atoms with Crippen LogP contribution >= 0.6 is 0 Å². The Morgan fingerprint density at radius 1 is 0.298 bits per heavy atom. The van der Waals surface area contributed by atoms with E-state index in [9.17, 15) is 0 Å². The van der Waals surface area contributed by atoms with Crippen molar-refractivity contribution in [3.05, 3.63) is 170 Å². The van der Waals surface area contributed by atoms with Gasteiger partial charge >= 0.3 is 236 Å². The molecule has 0 amide bonds. The summed E-state index contributed by atoms with van der Waals surface area (Å²) in [6.07, 6.45) is 0. The quantitative estimate of drug-likeness (QED) is 0.166. The van der Waals surface area contributed by atoms with Gasteiger partial charge in [0.05, 0.1) is 0 Å². The number of fused-ring (bicyclic) bond motifs is 1. The first-order chi connectivity index (χ1) is 23.2. The van der Waals surface area contributed by atoms with E-state index in [0.717, 1.165) is 54.2 Å². The normalized spacial score (nSPS) is 11.1. The van der Waals surface area contributed by atoms with Gasteiger partial charge in [0, 0.05) is 0 Å². The Morgan fingerprint density at radius 3 is 1.47 bits per heavy atom. The SMILES string of the molecule is [Se]c1c(-c2ccccc2)cccc1-c1ccc(-c2nc(-c3ccccc3)nc(-c3cccc(-c4ccccc4)c3)n2)c2ccccc12. The molecule has 0 fully saturated rings. The van der Waals surface area contributed by atoms with E-state index in [1.54, 1.807) is 0 Å². The number of nitrogens with zero attached hydrogens (tertiary/aromatic N) is 3. The Kier molecular flexibility index (Phi) is 7.72. The van der Waals surface area contributed by atoms with Gasteiger partial charge in [0.25, 0.3) is 0 Å². The summed E-state index contributed by atoms with van der Waals surface area (Å²) in [5.41, 5.74) is 9.80. The summed E-state index contributed by atoms with van der Waals surface area (Å²) in [4.78, 5) is 15.2. The molecule has 221 valence electrons. The van der Waals surface area contributed by atoms with Crippen LogP contribution in [0.15, 0.2) is 170 Å². The molecule has 7 aromatic carbocycles. The zero-order valence-corrected chi connectivity index (χ0v) is 27.1. The average molecular weight is 666 g/mol. The van der Waals surface area contributed by atoms with E-state index in [-0.39, 0.29) is 0 Å². The van der Waals surface area contributed by atoms with Gasteiger partial charge in [-0.3, -0.25) is 0 Å². The minimum absolute atomic E-state index is 0.640. The molecule has 0 atom stereocenters. The van der Waals surface area contributed by atoms with E-state index in [0.29, 0.717) is 17.5 Å². The third-order valence-electron chi connectivity index (χ3n) is 8.45. The second kappa shape index (κ2) is 12.6. The van der Waals surface area contributed by atoms with Gasteiger partial charge in [0.15, 0.2) is 0 Å². The molecule has 47 heavy (non-hydrogen) atoms. The van der Waals surface area contributed by atoms with Crippen molar-refractivity contribution in [1.29, 1.82) is 0 Å². The molecule has 1 heterocycles. The summed E-state index contributed by atoms with van der Waals surface area (Å²) in [7, 11) is 0. The average Bonchev–Trinajstić information content (AvgIpc) is 3.15. The third kappa shape index (κ3) is 5.66. The molecule has 1 radical (unpaired) electrons. The van der Waals surface area contributed by atoms with E-state index in [4.69, 9.17) is 15.0 Å². The Hall–Kier alpha value is -5.67. The van der Waals surface area contributed by atoms with Crippen LogP contribution in [-0.4, -0.2) is 31.0 Å². The first kappa shape index (κ1) is 28.8. The fraction of sp³-hybridized carbons (Fsp3) is 0. The van der Waals surface area contributed by atoms with E-state index >= 15 is 0 Å².